The second-order valence-corrected chi connectivity index (χ2v) is 1.17. The molecule has 0 spiro atoms. The molecule has 0 saturated heterocycles. The van der Waals surface area contributed by atoms with E-state index in [1.165, 1.54) is 5.48 Å². The Labute approximate surface area is 64.3 Å². The molecule has 0 aliphatic rings. The average molecular weight is 317 g/mol. The van der Waals surface area contributed by atoms with Crippen LogP contribution < -0.4 is 11.2 Å². The standard InChI is InChI=1S/CH4N2O2S.Pb.2H/c2-1(3-4)6-5;;;/h3-4H,2H2;;;. The van der Waals surface area contributed by atoms with Gasteiger partial charge >= 0.3 is 27.3 Å². The van der Waals surface area contributed by atoms with Crippen LogP contribution in [0.4, 0.5) is 0 Å². The van der Waals surface area contributed by atoms with Crippen molar-refractivity contribution in [1.82, 2.24) is 5.48 Å². The van der Waals surface area contributed by atoms with E-state index in [0.29, 0.717) is 0 Å². The summed E-state index contributed by atoms with van der Waals surface area (Å²) in [6, 6.07) is 0. The third kappa shape index (κ3) is 6.69. The van der Waals surface area contributed by atoms with E-state index in [9.17, 15) is 4.21 Å². The summed E-state index contributed by atoms with van der Waals surface area (Å²) >= 11 is 0.00810. The molecule has 0 fully saturated rings. The van der Waals surface area contributed by atoms with E-state index in [1.807, 2.05) is 0 Å². The first-order valence-electron chi connectivity index (χ1n) is 1.13. The maximum atomic E-state index is 9.39. The average Bonchev–Trinajstić information content (AvgIpc) is 1.65. The molecule has 0 bridgehead atoms. The van der Waals surface area contributed by atoms with Crippen LogP contribution in [0.3, 0.4) is 0 Å². The Kier molecular flexibility index (Phi) is 10.2. The van der Waals surface area contributed by atoms with Crippen LogP contribution in [0.2, 0.25) is 0 Å². The van der Waals surface area contributed by atoms with Crippen LogP contribution >= 0.6 is 0 Å². The topological polar surface area (TPSA) is 75.3 Å². The number of nitrogens with two attached hydrogens (primary N) is 1. The van der Waals surface area contributed by atoms with Crippen molar-refractivity contribution in [1.29, 1.82) is 0 Å². The second-order valence-electron chi connectivity index (χ2n) is 0.559. The molecule has 6 heteroatoms. The van der Waals surface area contributed by atoms with Crippen LogP contribution in [0.15, 0.2) is 0 Å². The van der Waals surface area contributed by atoms with E-state index >= 15 is 0 Å². The van der Waals surface area contributed by atoms with E-state index < -0.39 is 0 Å². The monoisotopic (exact) mass is 318 g/mol. The van der Waals surface area contributed by atoms with Crippen molar-refractivity contribution in [2.24, 2.45) is 5.73 Å². The van der Waals surface area contributed by atoms with Gasteiger partial charge in [0.1, 0.15) is 11.3 Å². The molecular formula is CH6N2O2PbS. The number of nitrogens with one attached hydrogen (secondary N) is 1. The Morgan fingerprint density at radius 2 is 2.29 bits per heavy atom. The van der Waals surface area contributed by atoms with Crippen molar-refractivity contribution in [3.8, 4) is 0 Å². The van der Waals surface area contributed by atoms with Crippen LogP contribution in [0, 0.1) is 0 Å². The summed E-state index contributed by atoms with van der Waals surface area (Å²) in [6.07, 6.45) is 0. The van der Waals surface area contributed by atoms with Gasteiger partial charge in [-0.15, -0.1) is 0 Å². The zero-order valence-corrected chi connectivity index (χ0v) is 9.86. The van der Waals surface area contributed by atoms with Crippen molar-refractivity contribution >= 4 is 43.7 Å². The molecule has 0 atom stereocenters. The SMILES string of the molecule is NC(NO)=S=O.[PbH2]. The molecule has 0 rings (SSSR count). The summed E-state index contributed by atoms with van der Waals surface area (Å²) in [4.78, 5) is 0. The predicted octanol–water partition coefficient (Wildman–Crippen LogP) is -2.69. The van der Waals surface area contributed by atoms with Gasteiger partial charge in [-0.2, -0.15) is 5.48 Å². The van der Waals surface area contributed by atoms with Gasteiger partial charge in [-0.25, -0.2) is 4.21 Å². The van der Waals surface area contributed by atoms with Crippen molar-refractivity contribution < 1.29 is 9.42 Å². The zero-order valence-electron chi connectivity index (χ0n) is 3.55. The molecule has 0 aromatic rings. The first-order chi connectivity index (χ1) is 2.81. The minimum absolute atomic E-state index is 0. The molecular weight excluding hydrogens is 311 g/mol. The molecule has 0 heterocycles. The van der Waals surface area contributed by atoms with Crippen molar-refractivity contribution in [3.05, 3.63) is 0 Å². The first-order valence-corrected chi connectivity index (χ1v) is 1.87. The quantitative estimate of drug-likeness (QED) is 0.258. The molecule has 0 aliphatic carbocycles. The molecule has 4 nitrogen and oxygen atoms in total. The fourth-order valence-electron chi connectivity index (χ4n) is 0.0186. The molecule has 0 aliphatic heterocycles. The van der Waals surface area contributed by atoms with Gasteiger partial charge in [0, 0.05) is 0 Å². The molecule has 2 radical (unpaired) electrons. The summed E-state index contributed by atoms with van der Waals surface area (Å²) < 4.78 is 9.39. The van der Waals surface area contributed by atoms with Crippen LogP contribution in [0.25, 0.3) is 0 Å². The van der Waals surface area contributed by atoms with Gasteiger partial charge in [0.15, 0.2) is 5.11 Å². The molecule has 0 aromatic heterocycles. The Hall–Kier alpha value is 0.692. The third-order valence-corrected chi connectivity index (χ3v) is 0.471. The van der Waals surface area contributed by atoms with Gasteiger partial charge in [-0.3, -0.25) is 5.73 Å². The fourth-order valence-corrected chi connectivity index (χ4v) is 0.0559. The van der Waals surface area contributed by atoms with E-state index in [4.69, 9.17) is 5.21 Å². The summed E-state index contributed by atoms with van der Waals surface area (Å²) in [7, 11) is 0. The third-order valence-electron chi connectivity index (χ3n) is 0.200. The fraction of sp³-hybridized carbons (Fsp3) is 0. The summed E-state index contributed by atoms with van der Waals surface area (Å²) in [6.45, 7) is 0. The number of rotatable bonds is 0. The van der Waals surface area contributed by atoms with E-state index in [-0.39, 0.29) is 43.7 Å². The molecule has 0 aromatic carbocycles. The molecule has 7 heavy (non-hydrogen) atoms. The van der Waals surface area contributed by atoms with Gasteiger partial charge in [0.25, 0.3) is 0 Å². The van der Waals surface area contributed by atoms with Gasteiger partial charge in [-0.05, 0) is 0 Å². The van der Waals surface area contributed by atoms with Crippen LogP contribution in [-0.2, 0) is 11.3 Å². The zero-order chi connectivity index (χ0) is 4.99. The van der Waals surface area contributed by atoms with Gasteiger partial charge < -0.3 is 5.21 Å². The Morgan fingerprint density at radius 1 is 1.86 bits per heavy atom. The predicted molar refractivity (Wildman–Crippen MR) is 30.8 cm³/mol. The van der Waals surface area contributed by atoms with E-state index in [0.717, 1.165) is 0 Å². The first kappa shape index (κ1) is 10.6. The van der Waals surface area contributed by atoms with Crippen molar-refractivity contribution in [3.63, 3.8) is 0 Å². The van der Waals surface area contributed by atoms with E-state index in [2.05, 4.69) is 5.73 Å². The number of hydrogen-bond donors (Lipinski definition) is 3. The summed E-state index contributed by atoms with van der Waals surface area (Å²) in [5, 5.41) is 7.46. The van der Waals surface area contributed by atoms with Crippen molar-refractivity contribution in [2.45, 2.75) is 0 Å². The van der Waals surface area contributed by atoms with Crippen LogP contribution in [-0.4, -0.2) is 41.8 Å². The summed E-state index contributed by atoms with van der Waals surface area (Å²) in [5.41, 5.74) is 6.14. The Bertz CT molecular complexity index is 89.7. The maximum absolute atomic E-state index is 9.39. The van der Waals surface area contributed by atoms with Gasteiger partial charge in [0.2, 0.25) is 0 Å². The Balaban J connectivity index is 0. The summed E-state index contributed by atoms with van der Waals surface area (Å²) in [5.74, 6) is 0. The van der Waals surface area contributed by atoms with Crippen LogP contribution in [0.5, 0.6) is 0 Å². The molecule has 0 saturated carbocycles. The molecule has 42 valence electrons. The normalized spacial score (nSPS) is 6.57. The Morgan fingerprint density at radius 3 is 2.29 bits per heavy atom. The molecule has 0 unspecified atom stereocenters. The van der Waals surface area contributed by atoms with Crippen LogP contribution in [0.1, 0.15) is 0 Å². The second kappa shape index (κ2) is 6.69. The number of hydroxylamine groups is 1. The number of hydrogen-bond acceptors (Lipinski definition) is 2. The van der Waals surface area contributed by atoms with Gasteiger partial charge in [0.05, 0.1) is 0 Å². The molecule has 0 amide bonds. The van der Waals surface area contributed by atoms with Crippen molar-refractivity contribution in [2.75, 3.05) is 0 Å². The van der Waals surface area contributed by atoms with Gasteiger partial charge in [-0.1, -0.05) is 0 Å². The minimum atomic E-state index is -0.241. The van der Waals surface area contributed by atoms with E-state index in [1.54, 1.807) is 0 Å². The molecule has 4 N–H and O–H groups in total.